The minimum absolute atomic E-state index is 0.440. The van der Waals surface area contributed by atoms with Gasteiger partial charge in [-0.3, -0.25) is 0 Å². The highest BCUT2D eigenvalue weighted by Crippen LogP contribution is 2.23. The van der Waals surface area contributed by atoms with Crippen molar-refractivity contribution in [3.8, 4) is 0 Å². The highest BCUT2D eigenvalue weighted by molar-refractivity contribution is 7.97. The smallest absolute Gasteiger partial charge is 0.0555 e. The summed E-state index contributed by atoms with van der Waals surface area (Å²) in [6.45, 7) is 0.440. The number of hydrogen-bond donors (Lipinski definition) is 2. The zero-order valence-electron chi connectivity index (χ0n) is 5.88. The summed E-state index contributed by atoms with van der Waals surface area (Å²) in [7, 11) is 0. The molecule has 0 unspecified atom stereocenters. The van der Waals surface area contributed by atoms with Gasteiger partial charge in [0.05, 0.1) is 11.7 Å². The Labute approximate surface area is 75.2 Å². The summed E-state index contributed by atoms with van der Waals surface area (Å²) < 4.78 is 2.92. The van der Waals surface area contributed by atoms with E-state index in [0.717, 1.165) is 9.92 Å². The van der Waals surface area contributed by atoms with Crippen molar-refractivity contribution in [2.75, 3.05) is 6.67 Å². The van der Waals surface area contributed by atoms with Crippen molar-refractivity contribution in [1.82, 2.24) is 4.72 Å². The lowest BCUT2D eigenvalue weighted by Gasteiger charge is -2.01. The van der Waals surface area contributed by atoms with Gasteiger partial charge in [-0.05, 0) is 24.1 Å². The Hall–Kier alpha value is -0.220. The maximum absolute atomic E-state index is 5.86. The number of nitrogens with two attached hydrogens (primary N) is 1. The van der Waals surface area contributed by atoms with Crippen LogP contribution >= 0.6 is 23.5 Å². The van der Waals surface area contributed by atoms with Gasteiger partial charge in [0.1, 0.15) is 0 Å². The van der Waals surface area contributed by atoms with E-state index >= 15 is 0 Å². The number of nitrogens with one attached hydrogen (secondary N) is 1. The minimum atomic E-state index is 0.440. The summed E-state index contributed by atoms with van der Waals surface area (Å²) in [5, 5.41) is 0.749. The average molecular weight is 189 g/mol. The molecule has 0 spiro atoms. The maximum Gasteiger partial charge on any atom is 0.0555 e. The molecule has 2 nitrogen and oxygen atoms in total. The summed E-state index contributed by atoms with van der Waals surface area (Å²) >= 11 is 7.30. The van der Waals surface area contributed by atoms with Crippen LogP contribution in [-0.2, 0) is 0 Å². The van der Waals surface area contributed by atoms with Gasteiger partial charge in [0.25, 0.3) is 0 Å². The second kappa shape index (κ2) is 4.62. The van der Waals surface area contributed by atoms with Crippen molar-refractivity contribution in [2.45, 2.75) is 4.90 Å². The lowest BCUT2D eigenvalue weighted by atomic mass is 10.4. The molecule has 0 amide bonds. The van der Waals surface area contributed by atoms with Gasteiger partial charge in [-0.1, -0.05) is 23.7 Å². The van der Waals surface area contributed by atoms with Gasteiger partial charge in [-0.25, -0.2) is 4.72 Å². The Bertz CT molecular complexity index is 229. The van der Waals surface area contributed by atoms with E-state index in [0.29, 0.717) is 6.67 Å². The van der Waals surface area contributed by atoms with E-state index in [-0.39, 0.29) is 0 Å². The van der Waals surface area contributed by atoms with Crippen LogP contribution in [0.3, 0.4) is 0 Å². The molecule has 0 bridgehead atoms. The van der Waals surface area contributed by atoms with Crippen LogP contribution in [0.5, 0.6) is 0 Å². The summed E-state index contributed by atoms with van der Waals surface area (Å²) in [4.78, 5) is 1.000. The zero-order valence-corrected chi connectivity index (χ0v) is 7.45. The predicted molar refractivity (Wildman–Crippen MR) is 49.5 cm³/mol. The summed E-state index contributed by atoms with van der Waals surface area (Å²) in [5.74, 6) is 0. The Morgan fingerprint density at radius 2 is 2.18 bits per heavy atom. The summed E-state index contributed by atoms with van der Waals surface area (Å²) in [5.41, 5.74) is 5.25. The van der Waals surface area contributed by atoms with E-state index in [1.165, 1.54) is 11.9 Å². The minimum Gasteiger partial charge on any atom is -0.318 e. The van der Waals surface area contributed by atoms with Crippen LogP contribution in [0.15, 0.2) is 29.2 Å². The molecule has 0 saturated carbocycles. The van der Waals surface area contributed by atoms with Gasteiger partial charge in [0, 0.05) is 4.90 Å². The van der Waals surface area contributed by atoms with E-state index in [2.05, 4.69) is 4.72 Å². The molecule has 1 aromatic rings. The van der Waals surface area contributed by atoms with Crippen molar-refractivity contribution in [2.24, 2.45) is 5.73 Å². The molecule has 0 aliphatic heterocycles. The van der Waals surface area contributed by atoms with Crippen molar-refractivity contribution >= 4 is 23.5 Å². The zero-order chi connectivity index (χ0) is 8.10. The molecule has 0 saturated heterocycles. The molecule has 4 heteroatoms. The van der Waals surface area contributed by atoms with E-state index in [1.807, 2.05) is 24.3 Å². The van der Waals surface area contributed by atoms with Crippen LogP contribution in [-0.4, -0.2) is 6.67 Å². The van der Waals surface area contributed by atoms with Crippen LogP contribution in [0.25, 0.3) is 0 Å². The van der Waals surface area contributed by atoms with Crippen LogP contribution in [0.2, 0.25) is 5.02 Å². The molecule has 0 aliphatic carbocycles. The molecule has 0 atom stereocenters. The van der Waals surface area contributed by atoms with E-state index in [1.54, 1.807) is 0 Å². The largest absolute Gasteiger partial charge is 0.318 e. The lowest BCUT2D eigenvalue weighted by molar-refractivity contribution is 0.984. The molecule has 0 radical (unpaired) electrons. The number of benzene rings is 1. The first kappa shape index (κ1) is 8.87. The lowest BCUT2D eigenvalue weighted by Crippen LogP contribution is -2.14. The topological polar surface area (TPSA) is 38.0 Å². The van der Waals surface area contributed by atoms with Gasteiger partial charge >= 0.3 is 0 Å². The Kier molecular flexibility index (Phi) is 3.72. The van der Waals surface area contributed by atoms with E-state index in [9.17, 15) is 0 Å². The molecule has 0 fully saturated rings. The van der Waals surface area contributed by atoms with Crippen LogP contribution in [0, 0.1) is 0 Å². The SMILES string of the molecule is NCNSc1ccccc1Cl. The van der Waals surface area contributed by atoms with Gasteiger partial charge in [0.15, 0.2) is 0 Å². The normalized spacial score (nSPS) is 10.0. The van der Waals surface area contributed by atoms with Gasteiger partial charge in [-0.2, -0.15) is 0 Å². The summed E-state index contributed by atoms with van der Waals surface area (Å²) in [6.07, 6.45) is 0. The molecule has 60 valence electrons. The van der Waals surface area contributed by atoms with Crippen molar-refractivity contribution in [3.63, 3.8) is 0 Å². The fraction of sp³-hybridized carbons (Fsp3) is 0.143. The fourth-order valence-corrected chi connectivity index (χ4v) is 1.45. The van der Waals surface area contributed by atoms with E-state index < -0.39 is 0 Å². The maximum atomic E-state index is 5.86. The van der Waals surface area contributed by atoms with Gasteiger partial charge in [0.2, 0.25) is 0 Å². The third-order valence-electron chi connectivity index (χ3n) is 1.10. The van der Waals surface area contributed by atoms with Crippen LogP contribution in [0.1, 0.15) is 0 Å². The number of hydrogen-bond acceptors (Lipinski definition) is 3. The monoisotopic (exact) mass is 188 g/mol. The van der Waals surface area contributed by atoms with E-state index in [4.69, 9.17) is 17.3 Å². The molecule has 0 aromatic heterocycles. The van der Waals surface area contributed by atoms with Crippen molar-refractivity contribution in [1.29, 1.82) is 0 Å². The third-order valence-corrected chi connectivity index (χ3v) is 2.43. The first-order chi connectivity index (χ1) is 5.34. The number of halogens is 1. The third kappa shape index (κ3) is 2.71. The van der Waals surface area contributed by atoms with Crippen molar-refractivity contribution in [3.05, 3.63) is 29.3 Å². The summed E-state index contributed by atoms with van der Waals surface area (Å²) in [6, 6.07) is 7.62. The first-order valence-electron chi connectivity index (χ1n) is 3.19. The highest BCUT2D eigenvalue weighted by Gasteiger charge is 1.96. The molecule has 11 heavy (non-hydrogen) atoms. The molecule has 3 N–H and O–H groups in total. The van der Waals surface area contributed by atoms with Gasteiger partial charge < -0.3 is 5.73 Å². The predicted octanol–water partition coefficient (Wildman–Crippen LogP) is 1.85. The standard InChI is InChI=1S/C7H9ClN2S/c8-6-3-1-2-4-7(6)11-10-5-9/h1-4,10H,5,9H2. The molecular formula is C7H9ClN2S. The quantitative estimate of drug-likeness (QED) is 0.562. The molecule has 0 heterocycles. The molecule has 0 aliphatic rings. The average Bonchev–Trinajstić information content (AvgIpc) is 2.03. The fourth-order valence-electron chi connectivity index (χ4n) is 0.647. The highest BCUT2D eigenvalue weighted by atomic mass is 35.5. The molecular weight excluding hydrogens is 180 g/mol. The Balaban J connectivity index is 2.62. The Morgan fingerprint density at radius 1 is 1.45 bits per heavy atom. The second-order valence-corrected chi connectivity index (χ2v) is 3.22. The van der Waals surface area contributed by atoms with Crippen LogP contribution < -0.4 is 10.5 Å². The Morgan fingerprint density at radius 3 is 2.82 bits per heavy atom. The number of rotatable bonds is 3. The van der Waals surface area contributed by atoms with Gasteiger partial charge in [-0.15, -0.1) is 0 Å². The molecule has 1 rings (SSSR count). The van der Waals surface area contributed by atoms with Crippen LogP contribution in [0.4, 0.5) is 0 Å². The second-order valence-electron chi connectivity index (χ2n) is 1.88. The van der Waals surface area contributed by atoms with Crippen molar-refractivity contribution < 1.29 is 0 Å². The first-order valence-corrected chi connectivity index (χ1v) is 4.38. The molecule has 1 aromatic carbocycles.